The molecule has 0 aliphatic heterocycles. The fourth-order valence-corrected chi connectivity index (χ4v) is 1.98. The Kier molecular flexibility index (Phi) is 5.68. The van der Waals surface area contributed by atoms with Crippen molar-refractivity contribution in [2.45, 2.75) is 24.4 Å². The molecule has 1 aromatic carbocycles. The third-order valence-electron chi connectivity index (χ3n) is 2.61. The SMILES string of the molecule is COC(=O)[C@@H](C)NC(=O)NCc1ccc(S(N)(=O)=O)cc1. The van der Waals surface area contributed by atoms with Crippen molar-refractivity contribution in [3.8, 4) is 0 Å². The smallest absolute Gasteiger partial charge is 0.328 e. The summed E-state index contributed by atoms with van der Waals surface area (Å²) in [5.41, 5.74) is 0.684. The Balaban J connectivity index is 2.52. The van der Waals surface area contributed by atoms with Crippen LogP contribution in [0.15, 0.2) is 29.2 Å². The summed E-state index contributed by atoms with van der Waals surface area (Å²) in [5, 5.41) is 9.90. The number of hydrogen-bond acceptors (Lipinski definition) is 5. The van der Waals surface area contributed by atoms with Gasteiger partial charge in [0.25, 0.3) is 0 Å². The molecule has 4 N–H and O–H groups in total. The monoisotopic (exact) mass is 315 g/mol. The van der Waals surface area contributed by atoms with Gasteiger partial charge in [-0.15, -0.1) is 0 Å². The van der Waals surface area contributed by atoms with Crippen LogP contribution in [-0.2, 0) is 26.1 Å². The van der Waals surface area contributed by atoms with Crippen molar-refractivity contribution < 1.29 is 22.7 Å². The molecular formula is C12H17N3O5S. The molecular weight excluding hydrogens is 298 g/mol. The van der Waals surface area contributed by atoms with Gasteiger partial charge < -0.3 is 15.4 Å². The zero-order chi connectivity index (χ0) is 16.0. The molecule has 0 aromatic heterocycles. The van der Waals surface area contributed by atoms with Gasteiger partial charge in [-0.2, -0.15) is 0 Å². The van der Waals surface area contributed by atoms with Crippen molar-refractivity contribution in [3.05, 3.63) is 29.8 Å². The summed E-state index contributed by atoms with van der Waals surface area (Å²) in [7, 11) is -2.50. The van der Waals surface area contributed by atoms with E-state index in [-0.39, 0.29) is 11.4 Å². The molecule has 116 valence electrons. The Hall–Kier alpha value is -2.13. The highest BCUT2D eigenvalue weighted by Gasteiger charge is 2.15. The van der Waals surface area contributed by atoms with Crippen molar-refractivity contribution in [2.75, 3.05) is 7.11 Å². The summed E-state index contributed by atoms with van der Waals surface area (Å²) in [5.74, 6) is -0.553. The van der Waals surface area contributed by atoms with Gasteiger partial charge in [-0.05, 0) is 24.6 Å². The summed E-state index contributed by atoms with van der Waals surface area (Å²) in [6.45, 7) is 1.66. The zero-order valence-electron chi connectivity index (χ0n) is 11.6. The van der Waals surface area contributed by atoms with Gasteiger partial charge in [0.2, 0.25) is 10.0 Å². The second-order valence-electron chi connectivity index (χ2n) is 4.26. The number of carbonyl (C=O) groups excluding carboxylic acids is 2. The van der Waals surface area contributed by atoms with Crippen molar-refractivity contribution >= 4 is 22.0 Å². The molecule has 1 aromatic rings. The lowest BCUT2D eigenvalue weighted by atomic mass is 10.2. The number of ether oxygens (including phenoxy) is 1. The average molecular weight is 315 g/mol. The molecule has 0 heterocycles. The van der Waals surface area contributed by atoms with Crippen molar-refractivity contribution in [1.82, 2.24) is 10.6 Å². The summed E-state index contributed by atoms with van der Waals surface area (Å²) < 4.78 is 26.6. The highest BCUT2D eigenvalue weighted by atomic mass is 32.2. The van der Waals surface area contributed by atoms with E-state index in [1.807, 2.05) is 0 Å². The van der Waals surface area contributed by atoms with Crippen LogP contribution in [0, 0.1) is 0 Å². The number of carbonyl (C=O) groups is 2. The van der Waals surface area contributed by atoms with Crippen molar-refractivity contribution in [3.63, 3.8) is 0 Å². The van der Waals surface area contributed by atoms with Crippen LogP contribution < -0.4 is 15.8 Å². The number of nitrogens with two attached hydrogens (primary N) is 1. The Morgan fingerprint density at radius 1 is 1.29 bits per heavy atom. The van der Waals surface area contributed by atoms with Gasteiger partial charge in [0.1, 0.15) is 6.04 Å². The fourth-order valence-electron chi connectivity index (χ4n) is 1.46. The minimum Gasteiger partial charge on any atom is -0.467 e. The highest BCUT2D eigenvalue weighted by molar-refractivity contribution is 7.89. The number of nitrogens with one attached hydrogen (secondary N) is 2. The molecule has 0 unspecified atom stereocenters. The van der Waals surface area contributed by atoms with E-state index in [4.69, 9.17) is 5.14 Å². The summed E-state index contributed by atoms with van der Waals surface area (Å²) in [6.07, 6.45) is 0. The number of primary sulfonamides is 1. The first kappa shape index (κ1) is 16.9. The summed E-state index contributed by atoms with van der Waals surface area (Å²) in [6, 6.07) is 4.46. The Morgan fingerprint density at radius 3 is 2.33 bits per heavy atom. The molecule has 21 heavy (non-hydrogen) atoms. The number of hydrogen-bond donors (Lipinski definition) is 3. The number of rotatable bonds is 5. The van der Waals surface area contributed by atoms with Crippen LogP contribution in [-0.4, -0.2) is 33.6 Å². The standard InChI is InChI=1S/C12H17N3O5S/c1-8(11(16)20-2)15-12(17)14-7-9-3-5-10(6-4-9)21(13,18)19/h3-6,8H,7H2,1-2H3,(H2,13,18,19)(H2,14,15,17)/t8-/m1/s1. The zero-order valence-corrected chi connectivity index (χ0v) is 12.4. The summed E-state index contributed by atoms with van der Waals surface area (Å²) in [4.78, 5) is 22.6. The molecule has 0 aliphatic carbocycles. The second kappa shape index (κ2) is 7.04. The topological polar surface area (TPSA) is 128 Å². The van der Waals surface area contributed by atoms with Gasteiger partial charge in [0.05, 0.1) is 12.0 Å². The maximum absolute atomic E-state index is 11.5. The van der Waals surface area contributed by atoms with E-state index < -0.39 is 28.1 Å². The number of urea groups is 1. The first-order valence-electron chi connectivity index (χ1n) is 5.98. The van der Waals surface area contributed by atoms with Gasteiger partial charge in [-0.3, -0.25) is 0 Å². The molecule has 0 saturated heterocycles. The van der Waals surface area contributed by atoms with E-state index in [1.54, 1.807) is 0 Å². The normalized spacial score (nSPS) is 12.3. The minimum absolute atomic E-state index is 0.00462. The molecule has 0 spiro atoms. The molecule has 1 rings (SSSR count). The van der Waals surface area contributed by atoms with Crippen LogP contribution in [0.3, 0.4) is 0 Å². The second-order valence-corrected chi connectivity index (χ2v) is 5.82. The van der Waals surface area contributed by atoms with Crippen LogP contribution in [0.2, 0.25) is 0 Å². The Bertz CT molecular complexity index is 612. The third-order valence-corrected chi connectivity index (χ3v) is 3.54. The molecule has 0 fully saturated rings. The lowest BCUT2D eigenvalue weighted by Gasteiger charge is -2.12. The molecule has 1 atom stereocenters. The van der Waals surface area contributed by atoms with E-state index in [9.17, 15) is 18.0 Å². The lowest BCUT2D eigenvalue weighted by Crippen LogP contribution is -2.44. The van der Waals surface area contributed by atoms with Crippen molar-refractivity contribution in [2.24, 2.45) is 5.14 Å². The van der Waals surface area contributed by atoms with Gasteiger partial charge in [0, 0.05) is 6.54 Å². The van der Waals surface area contributed by atoms with E-state index in [1.165, 1.54) is 38.3 Å². The molecule has 0 saturated carbocycles. The Labute approximate surface area is 122 Å². The van der Waals surface area contributed by atoms with Crippen LogP contribution in [0.5, 0.6) is 0 Å². The number of methoxy groups -OCH3 is 1. The third kappa shape index (κ3) is 5.40. The van der Waals surface area contributed by atoms with Crippen molar-refractivity contribution in [1.29, 1.82) is 0 Å². The molecule has 8 nitrogen and oxygen atoms in total. The maximum atomic E-state index is 11.5. The Morgan fingerprint density at radius 2 is 1.86 bits per heavy atom. The van der Waals surface area contributed by atoms with Gasteiger partial charge in [-0.1, -0.05) is 12.1 Å². The largest absolute Gasteiger partial charge is 0.467 e. The van der Waals surface area contributed by atoms with E-state index in [0.29, 0.717) is 5.56 Å². The van der Waals surface area contributed by atoms with Crippen LogP contribution in [0.4, 0.5) is 4.79 Å². The van der Waals surface area contributed by atoms with Gasteiger partial charge in [0.15, 0.2) is 0 Å². The van der Waals surface area contributed by atoms with Crippen LogP contribution in [0.1, 0.15) is 12.5 Å². The number of benzene rings is 1. The summed E-state index contributed by atoms with van der Waals surface area (Å²) >= 11 is 0. The van der Waals surface area contributed by atoms with Gasteiger partial charge >= 0.3 is 12.0 Å². The maximum Gasteiger partial charge on any atom is 0.328 e. The number of esters is 1. The van der Waals surface area contributed by atoms with E-state index in [2.05, 4.69) is 15.4 Å². The van der Waals surface area contributed by atoms with E-state index >= 15 is 0 Å². The average Bonchev–Trinajstić information content (AvgIpc) is 2.43. The predicted octanol–water partition coefficient (Wildman–Crippen LogP) is -0.305. The number of amides is 2. The first-order valence-corrected chi connectivity index (χ1v) is 7.52. The van der Waals surface area contributed by atoms with E-state index in [0.717, 1.165) is 0 Å². The first-order chi connectivity index (χ1) is 9.74. The fraction of sp³-hybridized carbons (Fsp3) is 0.333. The highest BCUT2D eigenvalue weighted by Crippen LogP contribution is 2.08. The molecule has 0 radical (unpaired) electrons. The quantitative estimate of drug-likeness (QED) is 0.642. The molecule has 0 aliphatic rings. The predicted molar refractivity (Wildman–Crippen MR) is 74.7 cm³/mol. The minimum atomic E-state index is -3.73. The number of sulfonamides is 1. The molecule has 2 amide bonds. The molecule has 0 bridgehead atoms. The van der Waals surface area contributed by atoms with Crippen LogP contribution in [0.25, 0.3) is 0 Å². The lowest BCUT2D eigenvalue weighted by molar-refractivity contribution is -0.142. The molecule has 9 heteroatoms. The van der Waals surface area contributed by atoms with Gasteiger partial charge in [-0.25, -0.2) is 23.1 Å². The van der Waals surface area contributed by atoms with Crippen LogP contribution >= 0.6 is 0 Å².